The number of rotatable bonds is 2. The van der Waals surface area contributed by atoms with E-state index in [9.17, 15) is 4.79 Å². The van der Waals surface area contributed by atoms with Gasteiger partial charge < -0.3 is 14.5 Å². The zero-order valence-corrected chi connectivity index (χ0v) is 12.8. The highest BCUT2D eigenvalue weighted by Gasteiger charge is 2.31. The Morgan fingerprint density at radius 2 is 2.24 bits per heavy atom. The van der Waals surface area contributed by atoms with Gasteiger partial charge in [-0.3, -0.25) is 9.69 Å². The van der Waals surface area contributed by atoms with E-state index in [0.29, 0.717) is 23.8 Å². The molecular formula is C14H18ClN5O. The first kappa shape index (κ1) is 14.2. The molecule has 1 amide bonds. The van der Waals surface area contributed by atoms with Gasteiger partial charge in [0.15, 0.2) is 0 Å². The number of aryl methyl sites for hydroxylation is 1. The molecule has 112 valence electrons. The highest BCUT2D eigenvalue weighted by atomic mass is 35.5. The van der Waals surface area contributed by atoms with Gasteiger partial charge in [0.1, 0.15) is 11.5 Å². The van der Waals surface area contributed by atoms with Crippen LogP contribution in [0.2, 0.25) is 5.02 Å². The molecule has 1 fully saturated rings. The Morgan fingerprint density at radius 3 is 2.86 bits per heavy atom. The van der Waals surface area contributed by atoms with E-state index in [0.717, 1.165) is 12.4 Å². The maximum atomic E-state index is 12.7. The number of nitrogens with zero attached hydrogens (tertiary/aromatic N) is 4. The van der Waals surface area contributed by atoms with Crippen LogP contribution in [-0.2, 0) is 7.05 Å². The number of piperazine rings is 1. The summed E-state index contributed by atoms with van der Waals surface area (Å²) in [5.41, 5.74) is 0.614. The standard InChI is InChI=1S/C14H18ClN5O/c1-18-5-6-20(9-12(18)13-16-3-4-17-13)14(21)11-7-10(15)8-19(11)2/h3-4,7-8,12H,5-6,9H2,1-2H3,(H,16,17)/t12-/m0/s1. The molecule has 1 saturated heterocycles. The molecule has 0 bridgehead atoms. The lowest BCUT2D eigenvalue weighted by molar-refractivity contribution is 0.0525. The summed E-state index contributed by atoms with van der Waals surface area (Å²) in [6.07, 6.45) is 5.29. The van der Waals surface area contributed by atoms with Crippen LogP contribution in [-0.4, -0.2) is 56.9 Å². The van der Waals surface area contributed by atoms with Gasteiger partial charge in [-0.25, -0.2) is 4.98 Å². The number of imidazole rings is 1. The minimum atomic E-state index is 0.00839. The predicted molar refractivity (Wildman–Crippen MR) is 80.3 cm³/mol. The fourth-order valence-corrected chi connectivity index (χ4v) is 2.96. The van der Waals surface area contributed by atoms with Crippen LogP contribution in [0.15, 0.2) is 24.7 Å². The topological polar surface area (TPSA) is 57.2 Å². The first-order chi connectivity index (χ1) is 10.1. The van der Waals surface area contributed by atoms with Crippen molar-refractivity contribution in [2.75, 3.05) is 26.7 Å². The number of likely N-dealkylation sites (N-methyl/N-ethyl adjacent to an activating group) is 1. The fraction of sp³-hybridized carbons (Fsp3) is 0.429. The number of aromatic nitrogens is 3. The first-order valence-electron chi connectivity index (χ1n) is 6.87. The molecule has 0 unspecified atom stereocenters. The molecule has 3 rings (SSSR count). The summed E-state index contributed by atoms with van der Waals surface area (Å²) in [7, 11) is 3.88. The van der Waals surface area contributed by atoms with Gasteiger partial charge in [0.2, 0.25) is 0 Å². The molecule has 1 N–H and O–H groups in total. The summed E-state index contributed by atoms with van der Waals surface area (Å²) >= 11 is 5.97. The van der Waals surface area contributed by atoms with Crippen molar-refractivity contribution in [1.82, 2.24) is 24.3 Å². The number of halogens is 1. The van der Waals surface area contributed by atoms with Gasteiger partial charge in [0.25, 0.3) is 5.91 Å². The number of hydrogen-bond acceptors (Lipinski definition) is 3. The molecule has 1 aliphatic heterocycles. The van der Waals surface area contributed by atoms with Crippen LogP contribution in [0, 0.1) is 0 Å². The highest BCUT2D eigenvalue weighted by molar-refractivity contribution is 6.31. The van der Waals surface area contributed by atoms with Crippen molar-refractivity contribution in [2.45, 2.75) is 6.04 Å². The lowest BCUT2D eigenvalue weighted by atomic mass is 10.1. The van der Waals surface area contributed by atoms with Crippen LogP contribution in [0.4, 0.5) is 0 Å². The summed E-state index contributed by atoms with van der Waals surface area (Å²) in [4.78, 5) is 24.2. The maximum Gasteiger partial charge on any atom is 0.270 e. The Balaban J connectivity index is 1.80. The molecular weight excluding hydrogens is 290 g/mol. The minimum Gasteiger partial charge on any atom is -0.347 e. The Kier molecular flexibility index (Phi) is 3.73. The van der Waals surface area contributed by atoms with Crippen molar-refractivity contribution in [3.63, 3.8) is 0 Å². The smallest absolute Gasteiger partial charge is 0.270 e. The van der Waals surface area contributed by atoms with E-state index >= 15 is 0 Å². The van der Waals surface area contributed by atoms with Gasteiger partial charge in [0, 0.05) is 45.3 Å². The number of carbonyl (C=O) groups is 1. The van der Waals surface area contributed by atoms with E-state index < -0.39 is 0 Å². The molecule has 1 atom stereocenters. The van der Waals surface area contributed by atoms with Crippen molar-refractivity contribution in [3.8, 4) is 0 Å². The Bertz CT molecular complexity index is 636. The molecule has 21 heavy (non-hydrogen) atoms. The van der Waals surface area contributed by atoms with E-state index in [2.05, 4.69) is 14.9 Å². The zero-order valence-electron chi connectivity index (χ0n) is 12.1. The summed E-state index contributed by atoms with van der Waals surface area (Å²) in [5, 5.41) is 0.581. The molecule has 3 heterocycles. The average Bonchev–Trinajstić information content (AvgIpc) is 3.08. The van der Waals surface area contributed by atoms with Gasteiger partial charge in [-0.1, -0.05) is 11.6 Å². The lowest BCUT2D eigenvalue weighted by Crippen LogP contribution is -2.49. The molecule has 0 radical (unpaired) electrons. The molecule has 2 aromatic rings. The Labute approximate surface area is 128 Å². The Hall–Kier alpha value is -1.79. The fourth-order valence-electron chi connectivity index (χ4n) is 2.71. The van der Waals surface area contributed by atoms with E-state index in [4.69, 9.17) is 11.6 Å². The largest absolute Gasteiger partial charge is 0.347 e. The second-order valence-corrected chi connectivity index (χ2v) is 5.81. The van der Waals surface area contributed by atoms with E-state index in [1.165, 1.54) is 0 Å². The summed E-state index contributed by atoms with van der Waals surface area (Å²) in [5.74, 6) is 0.897. The zero-order chi connectivity index (χ0) is 15.0. The lowest BCUT2D eigenvalue weighted by Gasteiger charge is -2.38. The monoisotopic (exact) mass is 307 g/mol. The minimum absolute atomic E-state index is 0.00839. The maximum absolute atomic E-state index is 12.7. The van der Waals surface area contributed by atoms with Crippen LogP contribution in [0.5, 0.6) is 0 Å². The molecule has 6 nitrogen and oxygen atoms in total. The van der Waals surface area contributed by atoms with Crippen LogP contribution in [0.3, 0.4) is 0 Å². The number of H-pyrrole nitrogens is 1. The highest BCUT2D eigenvalue weighted by Crippen LogP contribution is 2.23. The summed E-state index contributed by atoms with van der Waals surface area (Å²) < 4.78 is 1.77. The third-order valence-corrected chi connectivity index (χ3v) is 4.17. The van der Waals surface area contributed by atoms with E-state index in [1.807, 2.05) is 19.0 Å². The van der Waals surface area contributed by atoms with Crippen molar-refractivity contribution >= 4 is 17.5 Å². The number of nitrogens with one attached hydrogen (secondary N) is 1. The second-order valence-electron chi connectivity index (χ2n) is 5.38. The van der Waals surface area contributed by atoms with E-state index in [-0.39, 0.29) is 11.9 Å². The van der Waals surface area contributed by atoms with Gasteiger partial charge in [-0.15, -0.1) is 0 Å². The molecule has 0 aliphatic carbocycles. The van der Waals surface area contributed by atoms with Gasteiger partial charge in [0.05, 0.1) is 11.1 Å². The van der Waals surface area contributed by atoms with Crippen LogP contribution >= 0.6 is 11.6 Å². The van der Waals surface area contributed by atoms with Crippen molar-refractivity contribution in [3.05, 3.63) is 41.2 Å². The first-order valence-corrected chi connectivity index (χ1v) is 7.24. The predicted octanol–water partition coefficient (Wildman–Crippen LogP) is 1.53. The normalized spacial score (nSPS) is 20.0. The quantitative estimate of drug-likeness (QED) is 0.915. The third kappa shape index (κ3) is 2.69. The molecule has 1 aliphatic rings. The van der Waals surface area contributed by atoms with Crippen LogP contribution < -0.4 is 0 Å². The van der Waals surface area contributed by atoms with Crippen molar-refractivity contribution in [1.29, 1.82) is 0 Å². The Morgan fingerprint density at radius 1 is 1.43 bits per heavy atom. The van der Waals surface area contributed by atoms with E-state index in [1.54, 1.807) is 29.2 Å². The van der Waals surface area contributed by atoms with Crippen LogP contribution in [0.25, 0.3) is 0 Å². The number of aromatic amines is 1. The van der Waals surface area contributed by atoms with Crippen molar-refractivity contribution < 1.29 is 4.79 Å². The van der Waals surface area contributed by atoms with Crippen molar-refractivity contribution in [2.24, 2.45) is 7.05 Å². The second kappa shape index (κ2) is 5.54. The molecule has 0 aromatic carbocycles. The average molecular weight is 308 g/mol. The SMILES string of the molecule is CN1CCN(C(=O)c2cc(Cl)cn2C)C[C@H]1c1ncc[nH]1. The molecule has 0 spiro atoms. The summed E-state index contributed by atoms with van der Waals surface area (Å²) in [6.45, 7) is 2.14. The van der Waals surface area contributed by atoms with Crippen LogP contribution in [0.1, 0.15) is 22.4 Å². The summed E-state index contributed by atoms with van der Waals surface area (Å²) in [6, 6.07) is 1.80. The number of hydrogen-bond donors (Lipinski definition) is 1. The van der Waals surface area contributed by atoms with Gasteiger partial charge in [-0.2, -0.15) is 0 Å². The molecule has 2 aromatic heterocycles. The van der Waals surface area contributed by atoms with Gasteiger partial charge >= 0.3 is 0 Å². The molecule has 7 heteroatoms. The number of amides is 1. The molecule has 0 saturated carbocycles. The van der Waals surface area contributed by atoms with Gasteiger partial charge in [-0.05, 0) is 13.1 Å². The third-order valence-electron chi connectivity index (χ3n) is 3.96. The number of carbonyl (C=O) groups excluding carboxylic acids is 1.